The Bertz CT molecular complexity index is 1080. The van der Waals surface area contributed by atoms with Gasteiger partial charge in [-0.2, -0.15) is 4.31 Å². The van der Waals surface area contributed by atoms with Gasteiger partial charge in [0.05, 0.1) is 29.9 Å². The lowest BCUT2D eigenvalue weighted by atomic mass is 10.1. The molecule has 0 bridgehead atoms. The molecule has 28 heavy (non-hydrogen) atoms. The summed E-state index contributed by atoms with van der Waals surface area (Å²) < 4.78 is 29.1. The topological polar surface area (TPSA) is 93.0 Å². The molecule has 0 amide bonds. The summed E-state index contributed by atoms with van der Waals surface area (Å²) in [6.45, 7) is 2.45. The van der Waals surface area contributed by atoms with Crippen LogP contribution in [0.15, 0.2) is 54.2 Å². The average Bonchev–Trinajstić information content (AvgIpc) is 3.34. The Morgan fingerprint density at radius 1 is 1.18 bits per heavy atom. The molecule has 1 atom stereocenters. The first-order valence-electron chi connectivity index (χ1n) is 9.09. The predicted molar refractivity (Wildman–Crippen MR) is 106 cm³/mol. The zero-order valence-corrected chi connectivity index (χ0v) is 16.6. The van der Waals surface area contributed by atoms with Crippen molar-refractivity contribution in [2.75, 3.05) is 11.9 Å². The minimum absolute atomic E-state index is 0.0748. The Hall–Kier alpha value is -2.78. The van der Waals surface area contributed by atoms with E-state index in [-0.39, 0.29) is 11.1 Å². The second-order valence-corrected chi connectivity index (χ2v) is 8.75. The molecule has 4 rings (SSSR count). The number of aryl methyl sites for hydroxylation is 2. The van der Waals surface area contributed by atoms with Gasteiger partial charge in [-0.05, 0) is 43.5 Å². The van der Waals surface area contributed by atoms with E-state index < -0.39 is 10.0 Å². The number of pyridine rings is 2. The van der Waals surface area contributed by atoms with Crippen molar-refractivity contribution in [3.05, 3.63) is 60.4 Å². The summed E-state index contributed by atoms with van der Waals surface area (Å²) in [5, 5.41) is 3.32. The third-order valence-electron chi connectivity index (χ3n) is 4.86. The lowest BCUT2D eigenvalue weighted by Gasteiger charge is -2.22. The summed E-state index contributed by atoms with van der Waals surface area (Å²) in [4.78, 5) is 12.9. The fourth-order valence-electron chi connectivity index (χ4n) is 3.40. The molecule has 0 aromatic carbocycles. The van der Waals surface area contributed by atoms with Gasteiger partial charge >= 0.3 is 0 Å². The molecule has 9 heteroatoms. The highest BCUT2D eigenvalue weighted by Gasteiger charge is 2.38. The lowest BCUT2D eigenvalue weighted by molar-refractivity contribution is 0.389. The molecule has 1 saturated heterocycles. The van der Waals surface area contributed by atoms with Gasteiger partial charge in [0.25, 0.3) is 10.0 Å². The molecular formula is C19H22N6O2S. The number of nitrogens with one attached hydrogen (secondary N) is 1. The first-order chi connectivity index (χ1) is 13.4. The van der Waals surface area contributed by atoms with Crippen molar-refractivity contribution >= 4 is 21.5 Å². The normalized spacial score (nSPS) is 17.7. The first-order valence-corrected chi connectivity index (χ1v) is 10.5. The number of imidazole rings is 1. The molecule has 0 spiro atoms. The number of rotatable bonds is 5. The molecule has 1 aliphatic rings. The van der Waals surface area contributed by atoms with Crippen LogP contribution in [0.3, 0.4) is 0 Å². The summed E-state index contributed by atoms with van der Waals surface area (Å²) in [7, 11) is -1.89. The van der Waals surface area contributed by atoms with Gasteiger partial charge < -0.3 is 9.88 Å². The van der Waals surface area contributed by atoms with E-state index in [1.807, 2.05) is 31.2 Å². The van der Waals surface area contributed by atoms with Crippen LogP contribution in [-0.2, 0) is 17.1 Å². The first kappa shape index (κ1) is 18.6. The van der Waals surface area contributed by atoms with Crippen molar-refractivity contribution in [2.45, 2.75) is 30.8 Å². The summed E-state index contributed by atoms with van der Waals surface area (Å²) in [5.74, 6) is 0.775. The number of anilines is 2. The Morgan fingerprint density at radius 3 is 2.71 bits per heavy atom. The third kappa shape index (κ3) is 3.50. The molecular weight excluding hydrogens is 376 g/mol. The molecule has 4 heterocycles. The SMILES string of the molecule is Cc1cccnc1Nc1ccc([C@@H]2CCCN2S(=O)(=O)c2cn(C)cn2)nc1. The van der Waals surface area contributed by atoms with E-state index in [2.05, 4.69) is 20.3 Å². The van der Waals surface area contributed by atoms with Gasteiger partial charge in [-0.15, -0.1) is 0 Å². The zero-order chi connectivity index (χ0) is 19.7. The van der Waals surface area contributed by atoms with E-state index in [0.29, 0.717) is 6.54 Å². The fraction of sp³-hybridized carbons (Fsp3) is 0.316. The molecule has 146 valence electrons. The molecule has 0 aliphatic carbocycles. The van der Waals surface area contributed by atoms with E-state index in [4.69, 9.17) is 0 Å². The Labute approximate surface area is 164 Å². The molecule has 3 aromatic rings. The molecule has 1 N–H and O–H groups in total. The van der Waals surface area contributed by atoms with Crippen LogP contribution >= 0.6 is 0 Å². The average molecular weight is 398 g/mol. The number of hydrogen-bond donors (Lipinski definition) is 1. The van der Waals surface area contributed by atoms with E-state index in [1.54, 1.807) is 24.0 Å². The van der Waals surface area contributed by atoms with Crippen LogP contribution in [0.4, 0.5) is 11.5 Å². The Balaban J connectivity index is 1.56. The highest BCUT2D eigenvalue weighted by atomic mass is 32.2. The highest BCUT2D eigenvalue weighted by molar-refractivity contribution is 7.89. The van der Waals surface area contributed by atoms with Crippen molar-refractivity contribution in [2.24, 2.45) is 7.05 Å². The summed E-state index contributed by atoms with van der Waals surface area (Å²) in [6, 6.07) is 7.37. The smallest absolute Gasteiger partial charge is 0.262 e. The molecule has 0 unspecified atom stereocenters. The highest BCUT2D eigenvalue weighted by Crippen LogP contribution is 2.35. The van der Waals surface area contributed by atoms with Crippen molar-refractivity contribution in [3.63, 3.8) is 0 Å². The van der Waals surface area contributed by atoms with Gasteiger partial charge in [0.15, 0.2) is 5.03 Å². The van der Waals surface area contributed by atoms with Crippen LogP contribution in [0.1, 0.15) is 30.1 Å². The summed E-state index contributed by atoms with van der Waals surface area (Å²) in [6.07, 6.45) is 8.01. The maximum atomic E-state index is 13.0. The maximum absolute atomic E-state index is 13.0. The van der Waals surface area contributed by atoms with Crippen LogP contribution < -0.4 is 5.32 Å². The van der Waals surface area contributed by atoms with E-state index in [0.717, 1.165) is 35.6 Å². The van der Waals surface area contributed by atoms with Gasteiger partial charge in [0, 0.05) is 26.0 Å². The van der Waals surface area contributed by atoms with Gasteiger partial charge in [-0.1, -0.05) is 6.07 Å². The maximum Gasteiger partial charge on any atom is 0.262 e. The van der Waals surface area contributed by atoms with Crippen LogP contribution in [-0.4, -0.2) is 38.8 Å². The lowest BCUT2D eigenvalue weighted by Crippen LogP contribution is -2.31. The van der Waals surface area contributed by atoms with Crippen molar-refractivity contribution in [3.8, 4) is 0 Å². The fourth-order valence-corrected chi connectivity index (χ4v) is 5.03. The number of aromatic nitrogens is 4. The van der Waals surface area contributed by atoms with Crippen LogP contribution in [0.2, 0.25) is 0 Å². The molecule has 8 nitrogen and oxygen atoms in total. The molecule has 1 aliphatic heterocycles. The van der Waals surface area contributed by atoms with E-state index >= 15 is 0 Å². The molecule has 1 fully saturated rings. The summed E-state index contributed by atoms with van der Waals surface area (Å²) in [5.41, 5.74) is 2.58. The van der Waals surface area contributed by atoms with Gasteiger partial charge in [-0.3, -0.25) is 4.98 Å². The number of sulfonamides is 1. The van der Waals surface area contributed by atoms with Crippen molar-refractivity contribution in [1.29, 1.82) is 0 Å². The quantitative estimate of drug-likeness (QED) is 0.710. The van der Waals surface area contributed by atoms with Crippen LogP contribution in [0, 0.1) is 6.92 Å². The molecule has 3 aromatic heterocycles. The van der Waals surface area contributed by atoms with Crippen molar-refractivity contribution in [1.82, 2.24) is 23.8 Å². The van der Waals surface area contributed by atoms with Gasteiger partial charge in [0.1, 0.15) is 5.82 Å². The standard InChI is InChI=1S/C19H22N6O2S/c1-14-5-3-9-20-19(14)23-15-7-8-16(21-11-15)17-6-4-10-25(17)28(26,27)18-12-24(2)13-22-18/h3,5,7-9,11-13,17H,4,6,10H2,1-2H3,(H,20,23)/t17-/m0/s1. The third-order valence-corrected chi connectivity index (χ3v) is 6.65. The number of hydrogen-bond acceptors (Lipinski definition) is 6. The number of nitrogens with zero attached hydrogens (tertiary/aromatic N) is 5. The monoisotopic (exact) mass is 398 g/mol. The molecule has 0 saturated carbocycles. The zero-order valence-electron chi connectivity index (χ0n) is 15.8. The predicted octanol–water partition coefficient (Wildman–Crippen LogP) is 2.79. The van der Waals surface area contributed by atoms with Crippen LogP contribution in [0.25, 0.3) is 0 Å². The summed E-state index contributed by atoms with van der Waals surface area (Å²) >= 11 is 0. The minimum atomic E-state index is -3.64. The van der Waals surface area contributed by atoms with E-state index in [1.165, 1.54) is 16.8 Å². The Kier molecular flexibility index (Phi) is 4.86. The van der Waals surface area contributed by atoms with Gasteiger partial charge in [0.2, 0.25) is 0 Å². The van der Waals surface area contributed by atoms with Crippen LogP contribution in [0.5, 0.6) is 0 Å². The van der Waals surface area contributed by atoms with Crippen molar-refractivity contribution < 1.29 is 8.42 Å². The van der Waals surface area contributed by atoms with E-state index in [9.17, 15) is 8.42 Å². The molecule has 0 radical (unpaired) electrons. The minimum Gasteiger partial charge on any atom is -0.339 e. The Morgan fingerprint density at radius 2 is 2.04 bits per heavy atom. The largest absolute Gasteiger partial charge is 0.339 e. The second kappa shape index (κ2) is 7.33. The van der Waals surface area contributed by atoms with Gasteiger partial charge in [-0.25, -0.2) is 18.4 Å². The second-order valence-electron chi connectivity index (χ2n) is 6.92.